The third-order valence-electron chi connectivity index (χ3n) is 6.99. The highest BCUT2D eigenvalue weighted by molar-refractivity contribution is 5.79. The highest BCUT2D eigenvalue weighted by atomic mass is 19.4. The number of carbonyl (C=O) groups excluding carboxylic acids is 1. The highest BCUT2D eigenvalue weighted by Crippen LogP contribution is 2.32. The van der Waals surface area contributed by atoms with Gasteiger partial charge in [-0.05, 0) is 79.6 Å². The molecule has 5 rings (SSSR count). The second kappa shape index (κ2) is 12.6. The molecule has 0 bridgehead atoms. The fraction of sp³-hybridized carbons (Fsp3) is 0.219. The van der Waals surface area contributed by atoms with Crippen LogP contribution >= 0.6 is 0 Å². The second-order valence-electron chi connectivity index (χ2n) is 9.96. The summed E-state index contributed by atoms with van der Waals surface area (Å²) in [6.45, 7) is 3.98. The number of fused-ring (bicyclic) bond motifs is 1. The summed E-state index contributed by atoms with van der Waals surface area (Å²) in [6, 6.07) is 15.1. The fourth-order valence-electron chi connectivity index (χ4n) is 4.87. The molecule has 44 heavy (non-hydrogen) atoms. The Kier molecular flexibility index (Phi) is 8.70. The molecule has 0 aliphatic rings. The van der Waals surface area contributed by atoms with E-state index in [1.807, 2.05) is 6.92 Å². The van der Waals surface area contributed by atoms with Crippen LogP contribution in [-0.2, 0) is 23.9 Å². The maximum Gasteiger partial charge on any atom is 0.419 e. The van der Waals surface area contributed by atoms with E-state index in [1.54, 1.807) is 67.8 Å². The summed E-state index contributed by atoms with van der Waals surface area (Å²) in [5.74, 6) is -1.20. The minimum atomic E-state index is -4.93. The molecule has 8 nitrogen and oxygen atoms in total. The summed E-state index contributed by atoms with van der Waals surface area (Å²) in [6.07, 6.45) is -0.784. The Morgan fingerprint density at radius 2 is 1.77 bits per heavy atom. The Hall–Kier alpha value is -5.13. The van der Waals surface area contributed by atoms with Gasteiger partial charge in [0.2, 0.25) is 5.91 Å². The van der Waals surface area contributed by atoms with Gasteiger partial charge in [0.25, 0.3) is 5.56 Å². The van der Waals surface area contributed by atoms with E-state index in [0.29, 0.717) is 41.3 Å². The highest BCUT2D eigenvalue weighted by Gasteiger charge is 2.35. The lowest BCUT2D eigenvalue weighted by Crippen LogP contribution is -2.38. The second-order valence-corrected chi connectivity index (χ2v) is 9.96. The van der Waals surface area contributed by atoms with E-state index in [-0.39, 0.29) is 23.4 Å². The lowest BCUT2D eigenvalue weighted by atomic mass is 10.1. The number of amides is 1. The van der Waals surface area contributed by atoms with Crippen LogP contribution < -0.4 is 10.3 Å². The third-order valence-corrected chi connectivity index (χ3v) is 6.99. The normalized spacial score (nSPS) is 12.2. The first-order valence-electron chi connectivity index (χ1n) is 13.7. The van der Waals surface area contributed by atoms with Crippen molar-refractivity contribution in [3.63, 3.8) is 0 Å². The zero-order valence-corrected chi connectivity index (χ0v) is 23.8. The molecule has 5 aromatic rings. The van der Waals surface area contributed by atoms with E-state index >= 15 is 0 Å². The first-order valence-corrected chi connectivity index (χ1v) is 13.7. The first-order chi connectivity index (χ1) is 21.1. The summed E-state index contributed by atoms with van der Waals surface area (Å²) in [5.41, 5.74) is -0.432. The summed E-state index contributed by atoms with van der Waals surface area (Å²) in [5, 5.41) is 0. The SMILES string of the molecule is CCOc1ccc(-n2c(C(C)N(Cc3cccnc3)C(=O)Cc3ccc(F)c(C(F)(F)F)c3)nc3cccnc3c2=O)cc1. The van der Waals surface area contributed by atoms with Gasteiger partial charge in [0.1, 0.15) is 17.4 Å². The van der Waals surface area contributed by atoms with Gasteiger partial charge in [0.15, 0.2) is 5.52 Å². The molecule has 12 heteroatoms. The van der Waals surface area contributed by atoms with Crippen LogP contribution in [0.3, 0.4) is 0 Å². The zero-order chi connectivity index (χ0) is 31.4. The van der Waals surface area contributed by atoms with Gasteiger partial charge in [-0.2, -0.15) is 13.2 Å². The van der Waals surface area contributed by atoms with Crippen molar-refractivity contribution >= 4 is 16.9 Å². The molecular weight excluding hydrogens is 578 g/mol. The minimum Gasteiger partial charge on any atom is -0.494 e. The smallest absolute Gasteiger partial charge is 0.419 e. The largest absolute Gasteiger partial charge is 0.494 e. The molecular formula is C32H27F4N5O3. The number of hydrogen-bond donors (Lipinski definition) is 0. The molecule has 0 fully saturated rings. The van der Waals surface area contributed by atoms with E-state index in [4.69, 9.17) is 9.72 Å². The van der Waals surface area contributed by atoms with Crippen molar-refractivity contribution in [2.24, 2.45) is 0 Å². The average Bonchev–Trinajstić information content (AvgIpc) is 3.01. The van der Waals surface area contributed by atoms with Crippen LogP contribution in [0.5, 0.6) is 5.75 Å². The summed E-state index contributed by atoms with van der Waals surface area (Å²) in [7, 11) is 0. The summed E-state index contributed by atoms with van der Waals surface area (Å²) < 4.78 is 61.1. The molecule has 0 saturated heterocycles. The lowest BCUT2D eigenvalue weighted by molar-refractivity contribution is -0.140. The Morgan fingerprint density at radius 1 is 1.02 bits per heavy atom. The molecule has 0 spiro atoms. The van der Waals surface area contributed by atoms with E-state index < -0.39 is 41.5 Å². The van der Waals surface area contributed by atoms with Crippen molar-refractivity contribution in [3.8, 4) is 11.4 Å². The molecule has 0 radical (unpaired) electrons. The molecule has 3 heterocycles. The van der Waals surface area contributed by atoms with Crippen molar-refractivity contribution < 1.29 is 27.1 Å². The average molecular weight is 606 g/mol. The molecule has 1 unspecified atom stereocenters. The van der Waals surface area contributed by atoms with Gasteiger partial charge >= 0.3 is 6.18 Å². The number of alkyl halides is 3. The third kappa shape index (κ3) is 6.43. The van der Waals surface area contributed by atoms with Gasteiger partial charge < -0.3 is 9.64 Å². The molecule has 0 N–H and O–H groups in total. The molecule has 1 atom stereocenters. The van der Waals surface area contributed by atoms with Crippen molar-refractivity contribution in [1.29, 1.82) is 0 Å². The number of hydrogen-bond acceptors (Lipinski definition) is 6. The van der Waals surface area contributed by atoms with Crippen LogP contribution in [0.15, 0.2) is 90.1 Å². The van der Waals surface area contributed by atoms with Crippen molar-refractivity contribution in [2.45, 2.75) is 39.0 Å². The number of aromatic nitrogens is 4. The number of rotatable bonds is 9. The standard InChI is InChI=1S/C32H27F4N5O3/c1-3-44-24-11-9-23(10-12-24)41-30(39-27-7-5-15-38-29(27)31(41)43)20(2)40(19-22-6-4-14-37-18-22)28(42)17-21-8-13-26(33)25(16-21)32(34,35)36/h4-16,18,20H,3,17,19H2,1-2H3. The molecule has 1 amide bonds. The topological polar surface area (TPSA) is 90.2 Å². The minimum absolute atomic E-state index is 0.00535. The first kappa shape index (κ1) is 30.3. The lowest BCUT2D eigenvalue weighted by Gasteiger charge is -2.31. The Labute approximate surface area is 249 Å². The predicted octanol–water partition coefficient (Wildman–Crippen LogP) is 6.06. The molecule has 3 aromatic heterocycles. The van der Waals surface area contributed by atoms with Crippen molar-refractivity contribution in [3.05, 3.63) is 124 Å². The van der Waals surface area contributed by atoms with Crippen LogP contribution in [0.25, 0.3) is 16.7 Å². The fourth-order valence-corrected chi connectivity index (χ4v) is 4.87. The van der Waals surface area contributed by atoms with Crippen molar-refractivity contribution in [2.75, 3.05) is 6.61 Å². The van der Waals surface area contributed by atoms with Crippen LogP contribution in [0, 0.1) is 5.82 Å². The van der Waals surface area contributed by atoms with Crippen LogP contribution in [0.2, 0.25) is 0 Å². The van der Waals surface area contributed by atoms with Gasteiger partial charge in [0.05, 0.1) is 35.8 Å². The van der Waals surface area contributed by atoms with Gasteiger partial charge in [-0.3, -0.25) is 19.1 Å². The Balaban J connectivity index is 1.62. The Morgan fingerprint density at radius 3 is 2.45 bits per heavy atom. The number of carbonyl (C=O) groups is 1. The van der Waals surface area contributed by atoms with Crippen LogP contribution in [0.1, 0.15) is 42.4 Å². The van der Waals surface area contributed by atoms with Gasteiger partial charge in [-0.15, -0.1) is 0 Å². The number of pyridine rings is 2. The predicted molar refractivity (Wildman–Crippen MR) is 155 cm³/mol. The van der Waals surface area contributed by atoms with E-state index in [2.05, 4.69) is 9.97 Å². The maximum atomic E-state index is 14.0. The monoisotopic (exact) mass is 605 g/mol. The summed E-state index contributed by atoms with van der Waals surface area (Å²) >= 11 is 0. The molecule has 0 aliphatic carbocycles. The van der Waals surface area contributed by atoms with Crippen LogP contribution in [0.4, 0.5) is 17.6 Å². The maximum absolute atomic E-state index is 14.0. The van der Waals surface area contributed by atoms with E-state index in [9.17, 15) is 27.2 Å². The zero-order valence-electron chi connectivity index (χ0n) is 23.8. The Bertz CT molecular complexity index is 1840. The molecule has 226 valence electrons. The number of ether oxygens (including phenoxy) is 1. The van der Waals surface area contributed by atoms with E-state index in [1.165, 1.54) is 15.7 Å². The molecule has 0 aliphatic heterocycles. The number of halogens is 4. The molecule has 2 aromatic carbocycles. The number of benzene rings is 2. The van der Waals surface area contributed by atoms with Gasteiger partial charge in [-0.25, -0.2) is 14.4 Å². The van der Waals surface area contributed by atoms with Gasteiger partial charge in [0, 0.05) is 25.1 Å². The van der Waals surface area contributed by atoms with E-state index in [0.717, 1.165) is 6.07 Å². The number of nitrogens with zero attached hydrogens (tertiary/aromatic N) is 5. The molecule has 0 saturated carbocycles. The van der Waals surface area contributed by atoms with Crippen LogP contribution in [-0.4, -0.2) is 36.9 Å². The van der Waals surface area contributed by atoms with Crippen molar-refractivity contribution in [1.82, 2.24) is 24.4 Å². The summed E-state index contributed by atoms with van der Waals surface area (Å²) in [4.78, 5) is 42.2. The van der Waals surface area contributed by atoms with Gasteiger partial charge in [-0.1, -0.05) is 12.1 Å². The quantitative estimate of drug-likeness (QED) is 0.190.